The van der Waals surface area contributed by atoms with E-state index < -0.39 is 11.0 Å². The number of piperidine rings is 1. The summed E-state index contributed by atoms with van der Waals surface area (Å²) < 4.78 is 29.8. The minimum absolute atomic E-state index is 0.0119. The normalized spacial score (nSPS) is 17.4. The van der Waals surface area contributed by atoms with E-state index in [0.29, 0.717) is 38.9 Å². The van der Waals surface area contributed by atoms with Crippen molar-refractivity contribution in [3.63, 3.8) is 0 Å². The molecule has 1 amide bonds. The summed E-state index contributed by atoms with van der Waals surface area (Å²) >= 11 is 1.08. The van der Waals surface area contributed by atoms with Gasteiger partial charge in [0.15, 0.2) is 5.13 Å². The smallest absolute Gasteiger partial charge is 0.223 e. The number of thiophene rings is 1. The van der Waals surface area contributed by atoms with Crippen LogP contribution in [0.4, 0.5) is 4.39 Å². The molecular weight excluding hydrogens is 523 g/mol. The lowest BCUT2D eigenvalue weighted by atomic mass is 9.96. The van der Waals surface area contributed by atoms with E-state index in [1.165, 1.54) is 6.07 Å². The Labute approximate surface area is 233 Å². The van der Waals surface area contributed by atoms with Crippen molar-refractivity contribution in [2.24, 2.45) is 5.92 Å². The second-order valence-electron chi connectivity index (χ2n) is 10.5. The van der Waals surface area contributed by atoms with Crippen molar-refractivity contribution in [2.75, 3.05) is 32.9 Å². The Kier molecular flexibility index (Phi) is 11.1. The molecule has 0 saturated carbocycles. The number of hydrogen-bond donors (Lipinski definition) is 1. The van der Waals surface area contributed by atoms with Crippen LogP contribution in [0.2, 0.25) is 0 Å². The van der Waals surface area contributed by atoms with E-state index in [9.17, 15) is 13.4 Å². The van der Waals surface area contributed by atoms with Crippen molar-refractivity contribution in [1.82, 2.24) is 29.3 Å². The van der Waals surface area contributed by atoms with Gasteiger partial charge in [0.25, 0.3) is 0 Å². The second kappa shape index (κ2) is 13.8. The molecule has 1 fully saturated rings. The van der Waals surface area contributed by atoms with Gasteiger partial charge in [-0.3, -0.25) is 4.79 Å². The predicted molar refractivity (Wildman–Crippen MR) is 153 cm³/mol. The molecule has 0 aromatic carbocycles. The van der Waals surface area contributed by atoms with Gasteiger partial charge in [-0.2, -0.15) is 4.39 Å². The van der Waals surface area contributed by atoms with Gasteiger partial charge in [0, 0.05) is 67.8 Å². The number of carbonyl (C=O) groups is 1. The maximum Gasteiger partial charge on any atom is 0.223 e. The third kappa shape index (κ3) is 7.72. The summed E-state index contributed by atoms with van der Waals surface area (Å²) in [5.74, 6) is 2.05. The van der Waals surface area contributed by atoms with Gasteiger partial charge in [-0.25, -0.2) is 8.51 Å². The summed E-state index contributed by atoms with van der Waals surface area (Å²) in [6.45, 7) is 14.7. The fraction of sp³-hybridized carbons (Fsp3) is 0.667. The fourth-order valence-electron chi connectivity index (χ4n) is 5.02. The van der Waals surface area contributed by atoms with Crippen LogP contribution in [-0.2, 0) is 15.8 Å². The molecule has 1 N–H and O–H groups in total. The molecule has 3 heterocycles. The highest BCUT2D eigenvalue weighted by Crippen LogP contribution is 2.30. The van der Waals surface area contributed by atoms with Crippen LogP contribution in [0.1, 0.15) is 87.4 Å². The molecule has 3 unspecified atom stereocenters. The van der Waals surface area contributed by atoms with Crippen LogP contribution < -0.4 is 5.32 Å². The first-order valence-corrected chi connectivity index (χ1v) is 15.8. The Morgan fingerprint density at radius 3 is 2.55 bits per heavy atom. The zero-order valence-electron chi connectivity index (χ0n) is 23.6. The third-order valence-corrected chi connectivity index (χ3v) is 9.53. The Hall–Kier alpha value is -2.11. The largest absolute Gasteiger partial charge is 0.378 e. The van der Waals surface area contributed by atoms with Crippen LogP contribution >= 0.6 is 11.3 Å². The molecule has 0 aliphatic carbocycles. The number of aromatic nitrogens is 3. The summed E-state index contributed by atoms with van der Waals surface area (Å²) in [6.07, 6.45) is 5.36. The van der Waals surface area contributed by atoms with Crippen molar-refractivity contribution < 1.29 is 13.4 Å². The molecule has 0 radical (unpaired) electrons. The lowest BCUT2D eigenvalue weighted by molar-refractivity contribution is -0.126. The Morgan fingerprint density at radius 1 is 1.32 bits per heavy atom. The Bertz CT molecular complexity index is 1110. The van der Waals surface area contributed by atoms with E-state index >= 15 is 0 Å². The predicted octanol–water partition coefficient (Wildman–Crippen LogP) is 4.95. The van der Waals surface area contributed by atoms with E-state index in [4.69, 9.17) is 0 Å². The lowest BCUT2D eigenvalue weighted by Gasteiger charge is -2.31. The molecule has 2 aromatic rings. The minimum Gasteiger partial charge on any atom is -0.378 e. The van der Waals surface area contributed by atoms with Crippen LogP contribution in [0.15, 0.2) is 24.4 Å². The van der Waals surface area contributed by atoms with Gasteiger partial charge in [-0.1, -0.05) is 27.4 Å². The number of nitrogens with zero attached hydrogens (tertiary/aromatic N) is 5. The van der Waals surface area contributed by atoms with Gasteiger partial charge in [-0.15, -0.1) is 21.5 Å². The van der Waals surface area contributed by atoms with Crippen molar-refractivity contribution in [2.45, 2.75) is 77.8 Å². The van der Waals surface area contributed by atoms with Crippen LogP contribution in [0.5, 0.6) is 0 Å². The van der Waals surface area contributed by atoms with Gasteiger partial charge in [0.05, 0.1) is 17.0 Å². The van der Waals surface area contributed by atoms with Gasteiger partial charge >= 0.3 is 0 Å². The quantitative estimate of drug-likeness (QED) is 0.371. The third-order valence-electron chi connectivity index (χ3n) is 7.45. The number of allylic oxidation sites excluding steroid dienone is 1. The average Bonchev–Trinajstić information content (AvgIpc) is 3.50. The maximum absolute atomic E-state index is 13.9. The zero-order chi connectivity index (χ0) is 28.0. The SMILES string of the molecule is C=C(CC(CC)n1c(C)nnc1C(C)C)N(C)CCC(NC(=O)C1CCN(S(C)=O)CC1)c1ccc(F)s1. The first kappa shape index (κ1) is 30.4. The first-order chi connectivity index (χ1) is 18.0. The number of amides is 1. The van der Waals surface area contributed by atoms with Crippen LogP contribution in [0.25, 0.3) is 0 Å². The molecule has 3 rings (SSSR count). The monoisotopic (exact) mass is 566 g/mol. The molecule has 2 aromatic heterocycles. The summed E-state index contributed by atoms with van der Waals surface area (Å²) in [6, 6.07) is 3.15. The van der Waals surface area contributed by atoms with Gasteiger partial charge in [0.2, 0.25) is 5.91 Å². The molecular formula is C27H43FN6O2S2. The van der Waals surface area contributed by atoms with Gasteiger partial charge < -0.3 is 14.8 Å². The summed E-state index contributed by atoms with van der Waals surface area (Å²) in [7, 11) is 1.01. The highest BCUT2D eigenvalue weighted by molar-refractivity contribution is 7.81. The van der Waals surface area contributed by atoms with E-state index in [-0.39, 0.29) is 35.0 Å². The number of carbonyl (C=O) groups excluding carboxylic acids is 1. The molecule has 0 bridgehead atoms. The van der Waals surface area contributed by atoms with Crippen molar-refractivity contribution in [3.8, 4) is 0 Å². The lowest BCUT2D eigenvalue weighted by Crippen LogP contribution is -2.42. The Morgan fingerprint density at radius 2 is 2.00 bits per heavy atom. The van der Waals surface area contributed by atoms with Crippen LogP contribution in [0.3, 0.4) is 0 Å². The molecule has 212 valence electrons. The first-order valence-electron chi connectivity index (χ1n) is 13.5. The number of nitrogens with one attached hydrogen (secondary N) is 1. The van der Waals surface area contributed by atoms with Gasteiger partial charge in [-0.05, 0) is 44.7 Å². The highest BCUT2D eigenvalue weighted by atomic mass is 32.2. The molecule has 38 heavy (non-hydrogen) atoms. The molecule has 3 atom stereocenters. The molecule has 11 heteroatoms. The number of hydrogen-bond acceptors (Lipinski definition) is 6. The van der Waals surface area contributed by atoms with E-state index in [0.717, 1.165) is 46.4 Å². The van der Waals surface area contributed by atoms with Crippen molar-refractivity contribution in [1.29, 1.82) is 0 Å². The molecule has 1 aliphatic heterocycles. The van der Waals surface area contributed by atoms with Crippen LogP contribution in [-0.4, -0.2) is 67.0 Å². The van der Waals surface area contributed by atoms with E-state index in [1.54, 1.807) is 12.3 Å². The molecule has 1 aliphatic rings. The minimum atomic E-state index is -1.01. The summed E-state index contributed by atoms with van der Waals surface area (Å²) in [5, 5.41) is 11.6. The average molecular weight is 567 g/mol. The standard InChI is InChI=1S/C27H43FN6O2S2/c1-8-22(34-20(5)30-31-26(34)18(2)3)17-19(4)32(6)14-13-23(24-9-10-25(28)37-24)29-27(35)21-11-15-33(16-12-21)38(7)36/h9-10,18,21-23H,4,8,11-17H2,1-3,5-7H3,(H,29,35). The number of halogens is 1. The molecule has 0 spiro atoms. The van der Waals surface area contributed by atoms with E-state index in [2.05, 4.69) is 52.3 Å². The van der Waals surface area contributed by atoms with Crippen molar-refractivity contribution in [3.05, 3.63) is 46.1 Å². The van der Waals surface area contributed by atoms with Crippen molar-refractivity contribution >= 4 is 28.2 Å². The van der Waals surface area contributed by atoms with Gasteiger partial charge in [0.1, 0.15) is 11.6 Å². The van der Waals surface area contributed by atoms with E-state index in [1.807, 2.05) is 18.3 Å². The number of aryl methyl sites for hydroxylation is 1. The molecule has 8 nitrogen and oxygen atoms in total. The fourth-order valence-corrected chi connectivity index (χ4v) is 6.56. The maximum atomic E-state index is 13.9. The van der Waals surface area contributed by atoms with Crippen LogP contribution in [0, 0.1) is 18.0 Å². The Balaban J connectivity index is 1.62. The summed E-state index contributed by atoms with van der Waals surface area (Å²) in [4.78, 5) is 16.1. The topological polar surface area (TPSA) is 83.4 Å². The highest BCUT2D eigenvalue weighted by Gasteiger charge is 2.29. The number of rotatable bonds is 13. The summed E-state index contributed by atoms with van der Waals surface area (Å²) in [5.41, 5.74) is 1.00. The zero-order valence-corrected chi connectivity index (χ0v) is 25.2. The molecule has 1 saturated heterocycles. The second-order valence-corrected chi connectivity index (χ2v) is 12.9.